The van der Waals surface area contributed by atoms with Crippen molar-refractivity contribution in [2.75, 3.05) is 6.54 Å². The Morgan fingerprint density at radius 1 is 0.944 bits per heavy atom. The van der Waals surface area contributed by atoms with E-state index in [0.29, 0.717) is 5.92 Å². The Labute approximate surface area is 110 Å². The fourth-order valence-corrected chi connectivity index (χ4v) is 3.12. The fraction of sp³-hybridized carbons (Fsp3) is 0.562. The zero-order chi connectivity index (χ0) is 12.2. The van der Waals surface area contributed by atoms with Crippen molar-refractivity contribution >= 4 is 11.9 Å². The molecule has 96 valence electrons. The molecule has 2 heteroatoms. The third-order valence-electron chi connectivity index (χ3n) is 4.15. The summed E-state index contributed by atoms with van der Waals surface area (Å²) < 4.78 is 2.27. The first kappa shape index (κ1) is 11.8. The molecule has 1 N–H and O–H groups in total. The van der Waals surface area contributed by atoms with Gasteiger partial charge in [0.05, 0.1) is 12.5 Å². The molecule has 1 atom stereocenters. The van der Waals surface area contributed by atoms with Crippen molar-refractivity contribution in [3.63, 3.8) is 0 Å². The zero-order valence-corrected chi connectivity index (χ0v) is 11.1. The monoisotopic (exact) mass is 243 g/mol. The Morgan fingerprint density at radius 2 is 1.72 bits per heavy atom. The molecule has 0 fully saturated rings. The largest absolute Gasteiger partial charge is 0.238 e. The van der Waals surface area contributed by atoms with E-state index in [1.165, 1.54) is 56.2 Å². The van der Waals surface area contributed by atoms with Crippen LogP contribution in [0.15, 0.2) is 24.3 Å². The van der Waals surface area contributed by atoms with Crippen LogP contribution in [0.5, 0.6) is 0 Å². The minimum Gasteiger partial charge on any atom is -0.193 e. The number of nitrogens with zero attached hydrogens (tertiary/aromatic N) is 1. The van der Waals surface area contributed by atoms with E-state index in [1.807, 2.05) is 0 Å². The molecule has 2 aliphatic heterocycles. The maximum absolute atomic E-state index is 3.56. The molecular weight excluding hydrogens is 220 g/mol. The van der Waals surface area contributed by atoms with Gasteiger partial charge in [0.25, 0.3) is 0 Å². The highest BCUT2D eigenvalue weighted by molar-refractivity contribution is 5.72. The van der Waals surface area contributed by atoms with Gasteiger partial charge in [-0.15, -0.1) is 0 Å². The predicted molar refractivity (Wildman–Crippen MR) is 75.5 cm³/mol. The molecule has 1 unspecified atom stereocenters. The molecule has 1 aromatic rings. The van der Waals surface area contributed by atoms with E-state index >= 15 is 0 Å². The van der Waals surface area contributed by atoms with Crippen LogP contribution in [0.4, 0.5) is 5.69 Å². The van der Waals surface area contributed by atoms with E-state index < -0.39 is 0 Å². The number of hydrogen-bond acceptors (Lipinski definition) is 1. The van der Waals surface area contributed by atoms with Crippen molar-refractivity contribution < 1.29 is 4.68 Å². The molecule has 0 saturated heterocycles. The molecule has 2 heterocycles. The van der Waals surface area contributed by atoms with Crippen LogP contribution in [0.25, 0.3) is 0 Å². The minimum absolute atomic E-state index is 0.619. The van der Waals surface area contributed by atoms with E-state index in [-0.39, 0.29) is 0 Å². The summed E-state index contributed by atoms with van der Waals surface area (Å²) >= 11 is 0. The molecule has 2 bridgehead atoms. The van der Waals surface area contributed by atoms with Crippen LogP contribution in [-0.2, 0) is 0 Å². The molecule has 2 nitrogen and oxygen atoms in total. The highest BCUT2D eigenvalue weighted by Gasteiger charge is 2.30. The lowest BCUT2D eigenvalue weighted by Crippen LogP contribution is -2.25. The lowest BCUT2D eigenvalue weighted by Gasteiger charge is -2.05. The summed E-state index contributed by atoms with van der Waals surface area (Å²) in [5.74, 6) is 0.619. The molecule has 0 radical (unpaired) electrons. The van der Waals surface area contributed by atoms with E-state index in [0.717, 1.165) is 6.54 Å². The molecule has 0 saturated carbocycles. The Morgan fingerprint density at radius 3 is 2.67 bits per heavy atom. The second kappa shape index (κ2) is 5.55. The van der Waals surface area contributed by atoms with Crippen molar-refractivity contribution in [1.82, 2.24) is 5.43 Å². The van der Waals surface area contributed by atoms with E-state index in [9.17, 15) is 0 Å². The van der Waals surface area contributed by atoms with Crippen LogP contribution < -0.4 is 5.43 Å². The van der Waals surface area contributed by atoms with Crippen molar-refractivity contribution in [3.8, 4) is 0 Å². The van der Waals surface area contributed by atoms with Gasteiger partial charge >= 0.3 is 0 Å². The van der Waals surface area contributed by atoms with Gasteiger partial charge in [-0.3, -0.25) is 0 Å². The number of fused-ring (bicyclic) bond motifs is 4. The Bertz CT molecular complexity index is 436. The highest BCUT2D eigenvalue weighted by Crippen LogP contribution is 2.33. The minimum atomic E-state index is 0.619. The molecule has 0 amide bonds. The first-order valence-corrected chi connectivity index (χ1v) is 7.42. The van der Waals surface area contributed by atoms with E-state index in [4.69, 9.17) is 0 Å². The molecule has 2 aliphatic rings. The molecule has 3 rings (SSSR count). The maximum Gasteiger partial charge on any atom is 0.238 e. The highest BCUT2D eigenvalue weighted by atomic mass is 15.4. The molecule has 0 aromatic heterocycles. The van der Waals surface area contributed by atoms with Crippen LogP contribution >= 0.6 is 0 Å². The van der Waals surface area contributed by atoms with Crippen LogP contribution in [0, 0.1) is 0 Å². The Kier molecular flexibility index (Phi) is 3.63. The molecule has 0 spiro atoms. The second-order valence-corrected chi connectivity index (χ2v) is 5.50. The summed E-state index contributed by atoms with van der Waals surface area (Å²) in [5.41, 5.74) is 6.43. The van der Waals surface area contributed by atoms with Gasteiger partial charge in [-0.2, -0.15) is 5.43 Å². The van der Waals surface area contributed by atoms with E-state index in [2.05, 4.69) is 40.6 Å². The summed E-state index contributed by atoms with van der Waals surface area (Å²) in [6, 6.07) is 8.83. The lowest BCUT2D eigenvalue weighted by molar-refractivity contribution is -0.500. The molecular formula is C16H23N2+. The van der Waals surface area contributed by atoms with Gasteiger partial charge in [-0.05, 0) is 12.8 Å². The number of nitrogens with one attached hydrogen (secondary N) is 1. The third-order valence-corrected chi connectivity index (χ3v) is 4.15. The van der Waals surface area contributed by atoms with Gasteiger partial charge in [0.15, 0.2) is 6.21 Å². The van der Waals surface area contributed by atoms with Crippen molar-refractivity contribution in [2.24, 2.45) is 0 Å². The summed E-state index contributed by atoms with van der Waals surface area (Å²) in [6.45, 7) is 1.09. The first-order chi connectivity index (χ1) is 8.95. The summed E-state index contributed by atoms with van der Waals surface area (Å²) in [5, 5.41) is 0. The number of rotatable bonds is 0. The number of benzene rings is 1. The predicted octanol–water partition coefficient (Wildman–Crippen LogP) is 3.75. The third kappa shape index (κ3) is 2.43. The number of hydrogen-bond donors (Lipinski definition) is 1. The number of hydrazone groups is 1. The number of hydrazine groups is 1. The standard InChI is InChI=1S/C16H23N2/c1-2-4-8-12-17-18-13-14(9-5-3-1)15-10-6-7-11-16(15)18/h6-7,10-11,13-14,17H,1-5,8-9,12H2/q+1. The topological polar surface area (TPSA) is 15.0 Å². The van der Waals surface area contributed by atoms with Gasteiger partial charge < -0.3 is 0 Å². The van der Waals surface area contributed by atoms with E-state index in [1.54, 1.807) is 0 Å². The number of para-hydroxylation sites is 1. The maximum atomic E-state index is 3.56. The first-order valence-electron chi connectivity index (χ1n) is 7.42. The van der Waals surface area contributed by atoms with Gasteiger partial charge in [0.2, 0.25) is 5.69 Å². The van der Waals surface area contributed by atoms with Crippen LogP contribution in [-0.4, -0.2) is 17.4 Å². The smallest absolute Gasteiger partial charge is 0.193 e. The SMILES string of the molecule is C1=[N+]2NCCCCCCCCC1c1ccccc12. The fourth-order valence-electron chi connectivity index (χ4n) is 3.12. The average molecular weight is 243 g/mol. The van der Waals surface area contributed by atoms with Crippen LogP contribution in [0.1, 0.15) is 56.4 Å². The quantitative estimate of drug-likeness (QED) is 0.686. The van der Waals surface area contributed by atoms with Gasteiger partial charge in [-0.1, -0.05) is 55.0 Å². The summed E-state index contributed by atoms with van der Waals surface area (Å²) in [4.78, 5) is 0. The Hall–Kier alpha value is -1.31. The average Bonchev–Trinajstić information content (AvgIpc) is 2.74. The van der Waals surface area contributed by atoms with Crippen LogP contribution in [0.2, 0.25) is 0 Å². The van der Waals surface area contributed by atoms with Gasteiger partial charge in [0, 0.05) is 11.6 Å². The molecule has 1 aromatic carbocycles. The van der Waals surface area contributed by atoms with Crippen molar-refractivity contribution in [3.05, 3.63) is 29.8 Å². The molecule has 18 heavy (non-hydrogen) atoms. The summed E-state index contributed by atoms with van der Waals surface area (Å²) in [7, 11) is 0. The van der Waals surface area contributed by atoms with Crippen molar-refractivity contribution in [2.45, 2.75) is 50.9 Å². The zero-order valence-electron chi connectivity index (χ0n) is 11.1. The Balaban J connectivity index is 1.82. The normalized spacial score (nSPS) is 24.2. The van der Waals surface area contributed by atoms with Crippen molar-refractivity contribution in [1.29, 1.82) is 0 Å². The van der Waals surface area contributed by atoms with Crippen LogP contribution in [0.3, 0.4) is 0 Å². The summed E-state index contributed by atoms with van der Waals surface area (Å²) in [6.07, 6.45) is 11.9. The second-order valence-electron chi connectivity index (χ2n) is 5.50. The van der Waals surface area contributed by atoms with Gasteiger partial charge in [0.1, 0.15) is 0 Å². The van der Waals surface area contributed by atoms with Gasteiger partial charge in [-0.25, -0.2) is 0 Å². The lowest BCUT2D eigenvalue weighted by atomic mass is 9.95. The molecule has 0 aliphatic carbocycles.